The average Bonchev–Trinajstić information content (AvgIpc) is 2.39. The zero-order chi connectivity index (χ0) is 16.3. The van der Waals surface area contributed by atoms with Crippen LogP contribution in [0.2, 0.25) is 10.0 Å². The fraction of sp³-hybridized carbons (Fsp3) is 0.500. The number of nitrogens with one attached hydrogen (secondary N) is 2. The van der Waals surface area contributed by atoms with Crippen molar-refractivity contribution in [2.24, 2.45) is 10.3 Å². The van der Waals surface area contributed by atoms with Gasteiger partial charge in [-0.2, -0.15) is 0 Å². The maximum Gasteiger partial charge on any atom is 0.202 e. The molecule has 0 unspecified atom stereocenters. The molecule has 0 saturated carbocycles. The highest BCUT2D eigenvalue weighted by Crippen LogP contribution is 2.23. The topological polar surface area (TPSA) is 74.7 Å². The van der Waals surface area contributed by atoms with Crippen molar-refractivity contribution in [3.8, 4) is 0 Å². The van der Waals surface area contributed by atoms with Crippen LogP contribution >= 0.6 is 23.2 Å². The first kappa shape index (κ1) is 17.5. The van der Waals surface area contributed by atoms with Crippen LogP contribution in [0.25, 0.3) is 5.73 Å². The van der Waals surface area contributed by atoms with E-state index in [1.165, 1.54) is 23.1 Å². The fourth-order valence-electron chi connectivity index (χ4n) is 2.49. The number of amidine groups is 1. The van der Waals surface area contributed by atoms with Gasteiger partial charge in [-0.1, -0.05) is 30.1 Å². The molecule has 0 aromatic heterocycles. The molecule has 122 valence electrons. The van der Waals surface area contributed by atoms with Gasteiger partial charge in [-0.3, -0.25) is 0 Å². The molecule has 1 aliphatic rings. The molecule has 1 aliphatic heterocycles. The van der Waals surface area contributed by atoms with E-state index in [9.17, 15) is 8.42 Å². The summed E-state index contributed by atoms with van der Waals surface area (Å²) in [4.78, 5) is 1.11. The molecule has 1 heterocycles. The summed E-state index contributed by atoms with van der Waals surface area (Å²) in [5.74, 6) is 0.563. The highest BCUT2D eigenvalue weighted by atomic mass is 35.5. The van der Waals surface area contributed by atoms with Crippen LogP contribution in [-0.2, 0) is 10.0 Å². The largest absolute Gasteiger partial charge is 0.480 e. The smallest absolute Gasteiger partial charge is 0.202 e. The van der Waals surface area contributed by atoms with Gasteiger partial charge in [0, 0.05) is 10.0 Å². The molecule has 22 heavy (non-hydrogen) atoms. The van der Waals surface area contributed by atoms with Gasteiger partial charge in [0.25, 0.3) is 0 Å². The monoisotopic (exact) mass is 363 g/mol. The van der Waals surface area contributed by atoms with E-state index in [2.05, 4.69) is 11.3 Å². The number of benzene rings is 1. The van der Waals surface area contributed by atoms with E-state index in [4.69, 9.17) is 28.9 Å². The Bertz CT molecular complexity index is 648. The van der Waals surface area contributed by atoms with Gasteiger partial charge >= 0.3 is 0 Å². The molecular formula is C14H19Cl2N3O2S. The first-order chi connectivity index (χ1) is 10.3. The average molecular weight is 364 g/mol. The Morgan fingerprint density at radius 2 is 1.82 bits per heavy atom. The Morgan fingerprint density at radius 3 is 2.36 bits per heavy atom. The van der Waals surface area contributed by atoms with E-state index in [-0.39, 0.29) is 20.8 Å². The summed E-state index contributed by atoms with van der Waals surface area (Å²) in [6.07, 6.45) is 2.19. The number of hydrogen-bond donors (Lipinski definition) is 1. The number of rotatable bonds is 4. The van der Waals surface area contributed by atoms with Crippen LogP contribution in [0, 0.1) is 5.92 Å². The van der Waals surface area contributed by atoms with Gasteiger partial charge in [-0.25, -0.2) is 8.42 Å². The summed E-state index contributed by atoms with van der Waals surface area (Å²) in [7, 11) is -3.95. The number of halogens is 2. The molecule has 0 spiro atoms. The van der Waals surface area contributed by atoms with E-state index < -0.39 is 10.0 Å². The summed E-state index contributed by atoms with van der Waals surface area (Å²) in [6.45, 7) is 4.42. The summed E-state index contributed by atoms with van der Waals surface area (Å²) >= 11 is 11.6. The van der Waals surface area contributed by atoms with Crippen molar-refractivity contribution < 1.29 is 13.3 Å². The van der Waals surface area contributed by atoms with Crippen LogP contribution in [-0.4, -0.2) is 33.9 Å². The molecule has 1 fully saturated rings. The quantitative estimate of drug-likeness (QED) is 0.658. The minimum atomic E-state index is -3.95. The molecule has 1 saturated heterocycles. The second-order valence-corrected chi connectivity index (χ2v) is 8.20. The molecular weight excluding hydrogens is 345 g/mol. The maximum absolute atomic E-state index is 12.2. The fourth-order valence-corrected chi connectivity index (χ4v) is 4.16. The Kier molecular flexibility index (Phi) is 5.71. The van der Waals surface area contributed by atoms with Gasteiger partial charge in [0.1, 0.15) is 0 Å². The maximum atomic E-state index is 12.2. The second kappa shape index (κ2) is 7.17. The van der Waals surface area contributed by atoms with Crippen LogP contribution in [0.1, 0.15) is 19.8 Å². The van der Waals surface area contributed by atoms with E-state index in [0.29, 0.717) is 12.5 Å². The van der Waals surface area contributed by atoms with Crippen molar-refractivity contribution in [2.75, 3.05) is 19.6 Å². The first-order valence-corrected chi connectivity index (χ1v) is 9.31. The van der Waals surface area contributed by atoms with Crippen LogP contribution in [0.4, 0.5) is 0 Å². The molecule has 0 bridgehead atoms. The van der Waals surface area contributed by atoms with Crippen molar-refractivity contribution in [3.05, 3.63) is 34.0 Å². The normalized spacial score (nSPS) is 23.5. The molecule has 1 aromatic carbocycles. The molecule has 0 atom stereocenters. The van der Waals surface area contributed by atoms with E-state index in [1.54, 1.807) is 0 Å². The van der Waals surface area contributed by atoms with Crippen molar-refractivity contribution in [1.29, 1.82) is 0 Å². The highest BCUT2D eigenvalue weighted by Gasteiger charge is 2.18. The van der Waals surface area contributed by atoms with Crippen molar-refractivity contribution in [1.82, 2.24) is 0 Å². The zero-order valence-electron chi connectivity index (χ0n) is 12.3. The van der Waals surface area contributed by atoms with Gasteiger partial charge in [0.2, 0.25) is 10.0 Å². The number of piperidine rings is 1. The van der Waals surface area contributed by atoms with Crippen LogP contribution in [0.3, 0.4) is 0 Å². The number of quaternary nitrogens is 1. The summed E-state index contributed by atoms with van der Waals surface area (Å²) in [6, 6.07) is 4.02. The summed E-state index contributed by atoms with van der Waals surface area (Å²) in [5.41, 5.74) is 7.85. The molecule has 0 amide bonds. The highest BCUT2D eigenvalue weighted by molar-refractivity contribution is 7.90. The standard InChI is InChI=1S/C14H18Cl2N3O2S/c1-10-2-4-19(5-3-10)9-14(17)18-22(20,21)13-7-11(15)6-12(16)8-13/h6-8,10H,2-5,9H2,1H3,(H-,17,18)/q-1/p+1. The molecule has 0 radical (unpaired) electrons. The number of likely N-dealkylation sites (tertiary alicyclic amines) is 1. The van der Waals surface area contributed by atoms with Crippen molar-refractivity contribution in [3.63, 3.8) is 0 Å². The third-order valence-corrected chi connectivity index (χ3v) is 5.49. The molecule has 5 nitrogen and oxygen atoms in total. The van der Waals surface area contributed by atoms with E-state index in [1.807, 2.05) is 0 Å². The predicted octanol–water partition coefficient (Wildman–Crippen LogP) is 2.45. The van der Waals surface area contributed by atoms with Crippen LogP contribution < -0.4 is 4.90 Å². The van der Waals surface area contributed by atoms with Gasteiger partial charge in [0.05, 0.1) is 24.5 Å². The molecule has 2 rings (SSSR count). The third kappa shape index (κ3) is 4.84. The Hall–Kier alpha value is -0.820. The Balaban J connectivity index is 2.12. The van der Waals surface area contributed by atoms with Gasteiger partial charge < -0.3 is 15.0 Å². The van der Waals surface area contributed by atoms with E-state index >= 15 is 0 Å². The molecule has 2 N–H and O–H groups in total. The Labute approximate surface area is 141 Å². The lowest BCUT2D eigenvalue weighted by atomic mass is 9.99. The van der Waals surface area contributed by atoms with Gasteiger partial charge in [-0.05, 0) is 42.8 Å². The summed E-state index contributed by atoms with van der Waals surface area (Å²) in [5, 5.41) is 0.451. The molecule has 1 aromatic rings. The molecule has 0 aliphatic carbocycles. The number of hydrogen-bond acceptors (Lipinski definition) is 2. The third-order valence-electron chi connectivity index (χ3n) is 3.76. The minimum Gasteiger partial charge on any atom is -0.480 e. The van der Waals surface area contributed by atoms with Crippen LogP contribution in [0.5, 0.6) is 0 Å². The van der Waals surface area contributed by atoms with Gasteiger partial charge in [0.15, 0.2) is 0 Å². The second-order valence-electron chi connectivity index (χ2n) is 5.73. The summed E-state index contributed by atoms with van der Waals surface area (Å²) < 4.78 is 28.0. The number of sulfonamides is 1. The van der Waals surface area contributed by atoms with Crippen molar-refractivity contribution >= 4 is 39.1 Å². The zero-order valence-corrected chi connectivity index (χ0v) is 14.6. The Morgan fingerprint density at radius 1 is 1.27 bits per heavy atom. The first-order valence-electron chi connectivity index (χ1n) is 7.11. The van der Waals surface area contributed by atoms with Gasteiger partial charge in [-0.15, -0.1) is 0 Å². The lowest BCUT2D eigenvalue weighted by Crippen LogP contribution is -3.13. The minimum absolute atomic E-state index is 0.0861. The van der Waals surface area contributed by atoms with Crippen LogP contribution in [0.15, 0.2) is 27.5 Å². The predicted molar refractivity (Wildman–Crippen MR) is 89.4 cm³/mol. The van der Waals surface area contributed by atoms with Crippen molar-refractivity contribution in [2.45, 2.75) is 24.7 Å². The SMILES string of the molecule is CC1CC[NH+](C/C([NH-])=N/S(=O)(=O)c2cc(Cl)cc(Cl)c2)CC1. The lowest BCUT2D eigenvalue weighted by Gasteiger charge is -2.28. The number of nitrogens with zero attached hydrogens (tertiary/aromatic N) is 1. The lowest BCUT2D eigenvalue weighted by molar-refractivity contribution is -0.896. The molecule has 8 heteroatoms. The van der Waals surface area contributed by atoms with E-state index in [0.717, 1.165) is 25.9 Å².